The number of carbonyl (C=O) groups is 1. The number of hydrogen-bond acceptors (Lipinski definition) is 6. The van der Waals surface area contributed by atoms with Gasteiger partial charge in [0, 0.05) is 26.1 Å². The van der Waals surface area contributed by atoms with Gasteiger partial charge >= 0.3 is 0 Å². The first-order valence-corrected chi connectivity index (χ1v) is 9.76. The summed E-state index contributed by atoms with van der Waals surface area (Å²) in [6.07, 6.45) is 3.85. The van der Waals surface area contributed by atoms with Crippen molar-refractivity contribution < 1.29 is 14.6 Å². The van der Waals surface area contributed by atoms with Crippen LogP contribution in [0.15, 0.2) is 43.0 Å². The van der Waals surface area contributed by atoms with Crippen molar-refractivity contribution in [3.63, 3.8) is 0 Å². The van der Waals surface area contributed by atoms with Gasteiger partial charge in [-0.3, -0.25) is 9.48 Å². The fourth-order valence-electron chi connectivity index (χ4n) is 3.40. The molecule has 0 radical (unpaired) electrons. The van der Waals surface area contributed by atoms with Crippen LogP contribution in [0.2, 0.25) is 0 Å². The second-order valence-corrected chi connectivity index (χ2v) is 7.27. The summed E-state index contributed by atoms with van der Waals surface area (Å²) in [6.45, 7) is 2.50. The van der Waals surface area contributed by atoms with Gasteiger partial charge in [-0.15, -0.1) is 0 Å². The minimum Gasteiger partial charge on any atom is -0.388 e. The Morgan fingerprint density at radius 2 is 2.21 bits per heavy atom. The molecular formula is C20H29N5O3. The maximum atomic E-state index is 12.2. The molecule has 28 heavy (non-hydrogen) atoms. The monoisotopic (exact) mass is 387 g/mol. The van der Waals surface area contributed by atoms with E-state index in [1.165, 1.54) is 11.9 Å². The highest BCUT2D eigenvalue weighted by Gasteiger charge is 2.34. The number of likely N-dealkylation sites (N-methyl/N-ethyl adjacent to an activating group) is 1. The maximum absolute atomic E-state index is 12.2. The molecule has 2 heterocycles. The molecule has 8 nitrogen and oxygen atoms in total. The summed E-state index contributed by atoms with van der Waals surface area (Å²) in [5.41, 5.74) is 1.29. The number of ether oxygens (including phenoxy) is 1. The molecule has 1 aromatic heterocycles. The van der Waals surface area contributed by atoms with Crippen molar-refractivity contribution in [2.45, 2.75) is 44.1 Å². The molecule has 0 bridgehead atoms. The van der Waals surface area contributed by atoms with Crippen LogP contribution in [0, 0.1) is 0 Å². The van der Waals surface area contributed by atoms with Gasteiger partial charge in [-0.1, -0.05) is 30.3 Å². The van der Waals surface area contributed by atoms with Gasteiger partial charge in [-0.25, -0.2) is 4.98 Å². The predicted molar refractivity (Wildman–Crippen MR) is 105 cm³/mol. The number of nitrogens with zero attached hydrogens (tertiary/aromatic N) is 4. The van der Waals surface area contributed by atoms with E-state index in [-0.39, 0.29) is 18.1 Å². The zero-order valence-electron chi connectivity index (χ0n) is 16.3. The lowest BCUT2D eigenvalue weighted by Crippen LogP contribution is -2.56. The van der Waals surface area contributed by atoms with Crippen molar-refractivity contribution in [1.82, 2.24) is 25.0 Å². The Hall–Kier alpha value is -2.29. The van der Waals surface area contributed by atoms with E-state index in [1.54, 1.807) is 11.0 Å². The standard InChI is InChI=1S/C20H29N5O3/c1-24(10-7-16-5-3-2-4-6-16)13-18-20(27)17(9-12-28-18)23-19(26)8-11-25-15-21-14-22-25/h2-6,14-15,17-18,20,27H,7-13H2,1H3,(H,23,26)/t17-,18+,20-/m0/s1. The molecule has 152 valence electrons. The van der Waals surface area contributed by atoms with E-state index in [1.807, 2.05) is 25.2 Å². The average molecular weight is 387 g/mol. The van der Waals surface area contributed by atoms with E-state index in [0.29, 0.717) is 32.5 Å². The van der Waals surface area contributed by atoms with E-state index in [0.717, 1.165) is 13.0 Å². The van der Waals surface area contributed by atoms with Gasteiger partial charge in [0.25, 0.3) is 0 Å². The van der Waals surface area contributed by atoms with Crippen LogP contribution < -0.4 is 5.32 Å². The van der Waals surface area contributed by atoms with Crippen LogP contribution in [0.1, 0.15) is 18.4 Å². The predicted octanol–water partition coefficient (Wildman–Crippen LogP) is 0.477. The van der Waals surface area contributed by atoms with Gasteiger partial charge in [0.1, 0.15) is 18.8 Å². The first-order chi connectivity index (χ1) is 13.6. The van der Waals surface area contributed by atoms with Gasteiger partial charge in [0.2, 0.25) is 5.91 Å². The van der Waals surface area contributed by atoms with Crippen LogP contribution in [0.5, 0.6) is 0 Å². The molecule has 0 unspecified atom stereocenters. The van der Waals surface area contributed by atoms with Crippen LogP contribution in [0.25, 0.3) is 0 Å². The highest BCUT2D eigenvalue weighted by atomic mass is 16.5. The van der Waals surface area contributed by atoms with Crippen LogP contribution >= 0.6 is 0 Å². The molecule has 2 aromatic rings. The van der Waals surface area contributed by atoms with Crippen molar-refractivity contribution in [2.75, 3.05) is 26.7 Å². The number of aromatic nitrogens is 3. The topological polar surface area (TPSA) is 92.5 Å². The van der Waals surface area contributed by atoms with E-state index >= 15 is 0 Å². The van der Waals surface area contributed by atoms with Gasteiger partial charge in [-0.2, -0.15) is 5.10 Å². The third kappa shape index (κ3) is 6.12. The quantitative estimate of drug-likeness (QED) is 0.650. The summed E-state index contributed by atoms with van der Waals surface area (Å²) >= 11 is 0. The molecule has 1 saturated heterocycles. The van der Waals surface area contributed by atoms with Crippen LogP contribution in [-0.2, 0) is 22.5 Å². The number of benzene rings is 1. The zero-order valence-corrected chi connectivity index (χ0v) is 16.3. The van der Waals surface area contributed by atoms with Crippen molar-refractivity contribution in [2.24, 2.45) is 0 Å². The van der Waals surface area contributed by atoms with E-state index in [2.05, 4.69) is 32.4 Å². The fourth-order valence-corrected chi connectivity index (χ4v) is 3.40. The van der Waals surface area contributed by atoms with Gasteiger partial charge in [0.05, 0.1) is 18.7 Å². The molecule has 2 N–H and O–H groups in total. The van der Waals surface area contributed by atoms with Crippen molar-refractivity contribution in [3.05, 3.63) is 48.5 Å². The minimum absolute atomic E-state index is 0.0994. The Kier molecular flexibility index (Phi) is 7.53. The number of aryl methyl sites for hydroxylation is 1. The molecular weight excluding hydrogens is 358 g/mol. The molecule has 1 fully saturated rings. The fraction of sp³-hybridized carbons (Fsp3) is 0.550. The smallest absolute Gasteiger partial charge is 0.222 e. The van der Waals surface area contributed by atoms with E-state index in [9.17, 15) is 9.90 Å². The Bertz CT molecular complexity index is 710. The summed E-state index contributed by atoms with van der Waals surface area (Å²) in [4.78, 5) is 18.2. The summed E-state index contributed by atoms with van der Waals surface area (Å²) < 4.78 is 7.39. The maximum Gasteiger partial charge on any atom is 0.222 e. The second-order valence-electron chi connectivity index (χ2n) is 7.27. The summed E-state index contributed by atoms with van der Waals surface area (Å²) in [5, 5.41) is 17.6. The number of hydrogen-bond donors (Lipinski definition) is 2. The lowest BCUT2D eigenvalue weighted by atomic mass is 9.98. The molecule has 3 atom stereocenters. The van der Waals surface area contributed by atoms with E-state index < -0.39 is 6.10 Å². The van der Waals surface area contributed by atoms with Gasteiger partial charge in [-0.05, 0) is 25.5 Å². The number of aliphatic hydroxyl groups is 1. The SMILES string of the molecule is CN(CCc1ccccc1)C[C@H]1OCC[C@H](NC(=O)CCn2cncn2)[C@@H]1O. The van der Waals surface area contributed by atoms with Crippen LogP contribution in [-0.4, -0.2) is 75.7 Å². The third-order valence-electron chi connectivity index (χ3n) is 5.05. The highest BCUT2D eigenvalue weighted by Crippen LogP contribution is 2.16. The number of carbonyl (C=O) groups excluding carboxylic acids is 1. The first kappa shape index (κ1) is 20.4. The zero-order chi connectivity index (χ0) is 19.8. The Labute approximate surface area is 165 Å². The van der Waals surface area contributed by atoms with Crippen molar-refractivity contribution in [3.8, 4) is 0 Å². The van der Waals surface area contributed by atoms with E-state index in [4.69, 9.17) is 4.74 Å². The molecule has 0 aliphatic carbocycles. The van der Waals surface area contributed by atoms with Crippen molar-refractivity contribution >= 4 is 5.91 Å². The third-order valence-corrected chi connectivity index (χ3v) is 5.05. The number of aliphatic hydroxyl groups excluding tert-OH is 1. The molecule has 8 heteroatoms. The summed E-state index contributed by atoms with van der Waals surface area (Å²) in [7, 11) is 2.03. The average Bonchev–Trinajstić information content (AvgIpc) is 3.22. The van der Waals surface area contributed by atoms with Crippen LogP contribution in [0.3, 0.4) is 0 Å². The molecule has 1 aliphatic rings. The Morgan fingerprint density at radius 1 is 1.39 bits per heavy atom. The van der Waals surface area contributed by atoms with Crippen molar-refractivity contribution in [1.29, 1.82) is 0 Å². The Morgan fingerprint density at radius 3 is 2.96 bits per heavy atom. The van der Waals surface area contributed by atoms with Gasteiger partial charge in [0.15, 0.2) is 0 Å². The second kappa shape index (κ2) is 10.3. The highest BCUT2D eigenvalue weighted by molar-refractivity contribution is 5.76. The molecule has 0 saturated carbocycles. The lowest BCUT2D eigenvalue weighted by Gasteiger charge is -2.37. The molecule has 0 spiro atoms. The first-order valence-electron chi connectivity index (χ1n) is 9.76. The molecule has 3 rings (SSSR count). The number of amides is 1. The largest absolute Gasteiger partial charge is 0.388 e. The van der Waals surface area contributed by atoms with Crippen LogP contribution in [0.4, 0.5) is 0 Å². The van der Waals surface area contributed by atoms with Gasteiger partial charge < -0.3 is 20.1 Å². The molecule has 1 aliphatic heterocycles. The molecule has 1 amide bonds. The minimum atomic E-state index is -0.719. The normalized spacial score (nSPS) is 22.3. The number of rotatable bonds is 9. The summed E-state index contributed by atoms with van der Waals surface area (Å²) in [6, 6.07) is 10.0. The number of nitrogens with one attached hydrogen (secondary N) is 1. The Balaban J connectivity index is 1.42. The summed E-state index contributed by atoms with van der Waals surface area (Å²) in [5.74, 6) is -0.0994. The molecule has 1 aromatic carbocycles. The lowest BCUT2D eigenvalue weighted by molar-refractivity contribution is -0.129.